The van der Waals surface area contributed by atoms with Gasteiger partial charge in [-0.1, -0.05) is 53.4 Å². The maximum atomic E-state index is 12.7. The maximum absolute atomic E-state index is 12.7. The summed E-state index contributed by atoms with van der Waals surface area (Å²) in [5, 5.41) is 0.134. The van der Waals surface area contributed by atoms with E-state index in [4.69, 9.17) is 9.16 Å². The zero-order valence-electron chi connectivity index (χ0n) is 18.7. The largest absolute Gasteiger partial charge is 0.543 e. The minimum atomic E-state index is -1.98. The first-order valence-corrected chi connectivity index (χ1v) is 14.1. The van der Waals surface area contributed by atoms with E-state index in [1.807, 2.05) is 0 Å². The number of hydrogen-bond donors (Lipinski definition) is 0. The highest BCUT2D eigenvalue weighted by Crippen LogP contribution is 2.51. The van der Waals surface area contributed by atoms with Crippen molar-refractivity contribution in [1.82, 2.24) is 0 Å². The summed E-state index contributed by atoms with van der Waals surface area (Å²) in [4.78, 5) is 12.7. The molecule has 1 aromatic carbocycles. The molecule has 0 bridgehead atoms. The Balaban J connectivity index is 2.03. The second-order valence-electron chi connectivity index (χ2n) is 10.2. The molecule has 0 aromatic heterocycles. The van der Waals surface area contributed by atoms with Crippen molar-refractivity contribution < 1.29 is 14.0 Å². The molecule has 28 heavy (non-hydrogen) atoms. The third-order valence-corrected chi connectivity index (χ3v) is 11.4. The van der Waals surface area contributed by atoms with E-state index in [0.29, 0.717) is 0 Å². The van der Waals surface area contributed by atoms with Gasteiger partial charge in [-0.15, -0.1) is 0 Å². The van der Waals surface area contributed by atoms with Crippen LogP contribution < -0.4 is 9.16 Å². The molecule has 156 valence electrons. The van der Waals surface area contributed by atoms with Crippen LogP contribution in [0.25, 0.3) is 0 Å². The number of rotatable bonds is 6. The highest BCUT2D eigenvalue weighted by Gasteiger charge is 2.44. The van der Waals surface area contributed by atoms with Gasteiger partial charge < -0.3 is 9.16 Å². The Morgan fingerprint density at radius 1 is 1.11 bits per heavy atom. The topological polar surface area (TPSA) is 35.5 Å². The van der Waals surface area contributed by atoms with Crippen molar-refractivity contribution in [3.05, 3.63) is 23.3 Å². The van der Waals surface area contributed by atoms with Gasteiger partial charge in [0, 0.05) is 11.5 Å². The Morgan fingerprint density at radius 2 is 1.79 bits per heavy atom. The number of unbranched alkanes of at least 4 members (excludes halogenated alkanes) is 2. The lowest BCUT2D eigenvalue weighted by Gasteiger charge is -2.40. The monoisotopic (exact) mass is 402 g/mol. The molecule has 1 aliphatic heterocycles. The first-order chi connectivity index (χ1) is 13.1. The van der Waals surface area contributed by atoms with Crippen LogP contribution in [-0.2, 0) is 11.2 Å². The summed E-state index contributed by atoms with van der Waals surface area (Å²) in [5.41, 5.74) is 2.41. The highest BCUT2D eigenvalue weighted by atomic mass is 28.4. The number of ether oxygens (including phenoxy) is 1. The quantitative estimate of drug-likeness (QED) is 0.222. The van der Waals surface area contributed by atoms with Crippen LogP contribution >= 0.6 is 0 Å². The Kier molecular flexibility index (Phi) is 6.28. The van der Waals surface area contributed by atoms with Gasteiger partial charge >= 0.3 is 5.97 Å². The standard InChI is InChI=1S/C24H38O3Si/c1-7-8-9-12-17-15-20-22(18-13-10-11-14-19(18)23(25)26-20)21(16-17)27-28(5,6)24(2,3)4/h15-16,18-19H,7-14H2,1-6H3. The molecule has 0 radical (unpaired) electrons. The van der Waals surface area contributed by atoms with Crippen molar-refractivity contribution in [3.8, 4) is 11.5 Å². The second kappa shape index (κ2) is 8.21. The third-order valence-electron chi connectivity index (χ3n) is 7.05. The molecule has 0 N–H and O–H groups in total. The molecule has 4 heteroatoms. The molecular formula is C24H38O3Si. The van der Waals surface area contributed by atoms with Crippen LogP contribution in [-0.4, -0.2) is 14.3 Å². The fraction of sp³-hybridized carbons (Fsp3) is 0.708. The smallest absolute Gasteiger partial charge is 0.314 e. The van der Waals surface area contributed by atoms with E-state index in [1.54, 1.807) is 0 Å². The molecule has 0 amide bonds. The zero-order chi connectivity index (χ0) is 20.5. The molecule has 1 saturated carbocycles. The number of carbonyl (C=O) groups excluding carboxylic acids is 1. The van der Waals surface area contributed by atoms with E-state index < -0.39 is 8.32 Å². The summed E-state index contributed by atoms with van der Waals surface area (Å²) in [6.45, 7) is 13.7. The Bertz CT molecular complexity index is 717. The van der Waals surface area contributed by atoms with E-state index in [2.05, 4.69) is 52.9 Å². The van der Waals surface area contributed by atoms with Crippen molar-refractivity contribution in [3.63, 3.8) is 0 Å². The van der Waals surface area contributed by atoms with Gasteiger partial charge in [-0.2, -0.15) is 0 Å². The number of fused-ring (bicyclic) bond motifs is 3. The summed E-state index contributed by atoms with van der Waals surface area (Å²) >= 11 is 0. The molecule has 1 fully saturated rings. The van der Waals surface area contributed by atoms with E-state index in [0.717, 1.165) is 43.6 Å². The maximum Gasteiger partial charge on any atom is 0.314 e. The van der Waals surface area contributed by atoms with Crippen molar-refractivity contribution in [2.45, 2.75) is 103 Å². The predicted octanol–water partition coefficient (Wildman–Crippen LogP) is 7.00. The van der Waals surface area contributed by atoms with Gasteiger partial charge in [0.1, 0.15) is 11.5 Å². The van der Waals surface area contributed by atoms with E-state index in [9.17, 15) is 4.79 Å². The average molecular weight is 403 g/mol. The lowest BCUT2D eigenvalue weighted by Crippen LogP contribution is -2.44. The Morgan fingerprint density at radius 3 is 2.43 bits per heavy atom. The number of aryl methyl sites for hydroxylation is 1. The van der Waals surface area contributed by atoms with Crippen LogP contribution in [0.5, 0.6) is 11.5 Å². The van der Waals surface area contributed by atoms with Crippen molar-refractivity contribution in [2.75, 3.05) is 0 Å². The van der Waals surface area contributed by atoms with E-state index in [-0.39, 0.29) is 22.8 Å². The molecule has 2 unspecified atom stereocenters. The molecule has 2 aliphatic rings. The van der Waals surface area contributed by atoms with Crippen molar-refractivity contribution >= 4 is 14.3 Å². The molecule has 0 saturated heterocycles. The summed E-state index contributed by atoms with van der Waals surface area (Å²) in [7, 11) is -1.98. The predicted molar refractivity (Wildman–Crippen MR) is 118 cm³/mol. The van der Waals surface area contributed by atoms with Gasteiger partial charge in [0.2, 0.25) is 8.32 Å². The normalized spacial score (nSPS) is 22.3. The SMILES string of the molecule is CCCCCc1cc2c(c(O[Si](C)(C)C(C)(C)C)c1)C1CCCCC1C(=O)O2. The summed E-state index contributed by atoms with van der Waals surface area (Å²) in [6.07, 6.45) is 8.92. The molecule has 1 aromatic rings. The minimum Gasteiger partial charge on any atom is -0.543 e. The summed E-state index contributed by atoms with van der Waals surface area (Å²) in [5.74, 6) is 2.01. The first kappa shape index (κ1) is 21.4. The molecule has 0 spiro atoms. The van der Waals surface area contributed by atoms with Crippen LogP contribution in [0.3, 0.4) is 0 Å². The Labute approximate surface area is 172 Å². The Hall–Kier alpha value is -1.29. The van der Waals surface area contributed by atoms with Gasteiger partial charge in [0.25, 0.3) is 0 Å². The van der Waals surface area contributed by atoms with Crippen molar-refractivity contribution in [2.24, 2.45) is 5.92 Å². The van der Waals surface area contributed by atoms with E-state index in [1.165, 1.54) is 30.4 Å². The van der Waals surface area contributed by atoms with Gasteiger partial charge in [-0.25, -0.2) is 0 Å². The zero-order valence-corrected chi connectivity index (χ0v) is 19.7. The minimum absolute atomic E-state index is 0.00829. The van der Waals surface area contributed by atoms with Gasteiger partial charge in [0.15, 0.2) is 0 Å². The van der Waals surface area contributed by atoms with Gasteiger partial charge in [0.05, 0.1) is 5.92 Å². The molecule has 3 nitrogen and oxygen atoms in total. The molecule has 1 aliphatic carbocycles. The van der Waals surface area contributed by atoms with Crippen LogP contribution in [0, 0.1) is 5.92 Å². The first-order valence-electron chi connectivity index (χ1n) is 11.2. The molecule has 1 heterocycles. The van der Waals surface area contributed by atoms with Crippen LogP contribution in [0.1, 0.15) is 89.7 Å². The lowest BCUT2D eigenvalue weighted by atomic mass is 9.73. The molecular weight excluding hydrogens is 364 g/mol. The average Bonchev–Trinajstić information content (AvgIpc) is 2.60. The summed E-state index contributed by atoms with van der Waals surface area (Å²) in [6, 6.07) is 4.38. The summed E-state index contributed by atoms with van der Waals surface area (Å²) < 4.78 is 12.7. The fourth-order valence-electron chi connectivity index (χ4n) is 4.28. The fourth-order valence-corrected chi connectivity index (χ4v) is 5.31. The number of benzene rings is 1. The molecule has 2 atom stereocenters. The third kappa shape index (κ3) is 4.32. The number of esters is 1. The second-order valence-corrected chi connectivity index (χ2v) is 15.0. The lowest BCUT2D eigenvalue weighted by molar-refractivity contribution is -0.142. The van der Waals surface area contributed by atoms with E-state index >= 15 is 0 Å². The molecule has 3 rings (SSSR count). The van der Waals surface area contributed by atoms with Gasteiger partial charge in [-0.05, 0) is 61.5 Å². The van der Waals surface area contributed by atoms with Crippen LogP contribution in [0.15, 0.2) is 12.1 Å². The van der Waals surface area contributed by atoms with Crippen LogP contribution in [0.2, 0.25) is 18.1 Å². The van der Waals surface area contributed by atoms with Crippen LogP contribution in [0.4, 0.5) is 0 Å². The van der Waals surface area contributed by atoms with Crippen molar-refractivity contribution in [1.29, 1.82) is 0 Å². The van der Waals surface area contributed by atoms with Gasteiger partial charge in [-0.3, -0.25) is 4.79 Å². The number of carbonyl (C=O) groups is 1. The number of hydrogen-bond acceptors (Lipinski definition) is 3. The highest BCUT2D eigenvalue weighted by molar-refractivity contribution is 6.74.